The SMILES string of the molecule is C=Cc1cc(C)nc(Cl)c1C. The van der Waals surface area contributed by atoms with Crippen molar-refractivity contribution in [2.45, 2.75) is 13.8 Å². The van der Waals surface area contributed by atoms with Crippen LogP contribution in [0.4, 0.5) is 0 Å². The van der Waals surface area contributed by atoms with E-state index in [0.717, 1.165) is 16.8 Å². The molecule has 11 heavy (non-hydrogen) atoms. The Hall–Kier alpha value is -0.820. The largest absolute Gasteiger partial charge is 0.241 e. The molecule has 0 saturated carbocycles. The van der Waals surface area contributed by atoms with Gasteiger partial charge in [0.15, 0.2) is 0 Å². The van der Waals surface area contributed by atoms with Gasteiger partial charge in [0.05, 0.1) is 0 Å². The molecular formula is C9H10ClN. The number of nitrogens with zero attached hydrogens (tertiary/aromatic N) is 1. The van der Waals surface area contributed by atoms with E-state index in [1.807, 2.05) is 19.9 Å². The summed E-state index contributed by atoms with van der Waals surface area (Å²) in [4.78, 5) is 4.10. The minimum Gasteiger partial charge on any atom is -0.241 e. The number of aryl methyl sites for hydroxylation is 1. The van der Waals surface area contributed by atoms with E-state index in [0.29, 0.717) is 5.15 Å². The lowest BCUT2D eigenvalue weighted by Crippen LogP contribution is -1.89. The number of hydrogen-bond donors (Lipinski definition) is 0. The van der Waals surface area contributed by atoms with Gasteiger partial charge in [0.25, 0.3) is 0 Å². The van der Waals surface area contributed by atoms with Crippen LogP contribution >= 0.6 is 11.6 Å². The van der Waals surface area contributed by atoms with E-state index in [2.05, 4.69) is 11.6 Å². The van der Waals surface area contributed by atoms with E-state index in [-0.39, 0.29) is 0 Å². The summed E-state index contributed by atoms with van der Waals surface area (Å²) in [6, 6.07) is 1.97. The molecule has 1 rings (SSSR count). The highest BCUT2D eigenvalue weighted by atomic mass is 35.5. The van der Waals surface area contributed by atoms with Crippen molar-refractivity contribution in [2.24, 2.45) is 0 Å². The van der Waals surface area contributed by atoms with Gasteiger partial charge in [-0.25, -0.2) is 4.98 Å². The normalized spacial score (nSPS) is 9.73. The van der Waals surface area contributed by atoms with Crippen molar-refractivity contribution in [3.8, 4) is 0 Å². The highest BCUT2D eigenvalue weighted by Crippen LogP contribution is 2.18. The standard InChI is InChI=1S/C9H10ClN/c1-4-8-5-6(2)11-9(10)7(8)3/h4-5H,1H2,2-3H3. The van der Waals surface area contributed by atoms with Gasteiger partial charge in [-0.05, 0) is 31.0 Å². The van der Waals surface area contributed by atoms with Crippen LogP contribution in [-0.2, 0) is 0 Å². The van der Waals surface area contributed by atoms with E-state index in [1.165, 1.54) is 0 Å². The second-order valence-corrected chi connectivity index (χ2v) is 2.83. The van der Waals surface area contributed by atoms with Gasteiger partial charge < -0.3 is 0 Å². The van der Waals surface area contributed by atoms with E-state index < -0.39 is 0 Å². The summed E-state index contributed by atoms with van der Waals surface area (Å²) in [7, 11) is 0. The first-order valence-corrected chi connectivity index (χ1v) is 3.79. The Morgan fingerprint density at radius 1 is 1.55 bits per heavy atom. The lowest BCUT2D eigenvalue weighted by molar-refractivity contribution is 1.16. The summed E-state index contributed by atoms with van der Waals surface area (Å²) in [6.45, 7) is 7.54. The predicted molar refractivity (Wildman–Crippen MR) is 48.8 cm³/mol. The molecule has 0 unspecified atom stereocenters. The summed E-state index contributed by atoms with van der Waals surface area (Å²) < 4.78 is 0. The van der Waals surface area contributed by atoms with Gasteiger partial charge in [-0.15, -0.1) is 0 Å². The fraction of sp³-hybridized carbons (Fsp3) is 0.222. The average molecular weight is 168 g/mol. The molecule has 1 aromatic heterocycles. The first kappa shape index (κ1) is 8.28. The molecular weight excluding hydrogens is 158 g/mol. The van der Waals surface area contributed by atoms with Crippen molar-refractivity contribution >= 4 is 17.7 Å². The number of rotatable bonds is 1. The van der Waals surface area contributed by atoms with Crippen LogP contribution in [0.25, 0.3) is 6.08 Å². The van der Waals surface area contributed by atoms with Crippen LogP contribution in [-0.4, -0.2) is 4.98 Å². The quantitative estimate of drug-likeness (QED) is 0.586. The lowest BCUT2D eigenvalue weighted by Gasteiger charge is -2.02. The monoisotopic (exact) mass is 167 g/mol. The molecule has 58 valence electrons. The van der Waals surface area contributed by atoms with Crippen LogP contribution in [0.1, 0.15) is 16.8 Å². The Bertz CT molecular complexity index is 292. The molecule has 0 aliphatic rings. The van der Waals surface area contributed by atoms with Crippen molar-refractivity contribution in [1.82, 2.24) is 4.98 Å². The van der Waals surface area contributed by atoms with Crippen LogP contribution < -0.4 is 0 Å². The third kappa shape index (κ3) is 1.60. The molecule has 0 spiro atoms. The van der Waals surface area contributed by atoms with Crippen molar-refractivity contribution in [1.29, 1.82) is 0 Å². The number of hydrogen-bond acceptors (Lipinski definition) is 1. The number of pyridine rings is 1. The van der Waals surface area contributed by atoms with Crippen LogP contribution in [0.3, 0.4) is 0 Å². The summed E-state index contributed by atoms with van der Waals surface area (Å²) in [5, 5.41) is 0.569. The molecule has 0 aliphatic heterocycles. The molecule has 2 heteroatoms. The Morgan fingerprint density at radius 3 is 2.73 bits per heavy atom. The minimum absolute atomic E-state index is 0.569. The Kier molecular flexibility index (Phi) is 2.30. The molecule has 0 radical (unpaired) electrons. The first-order valence-electron chi connectivity index (χ1n) is 3.41. The Morgan fingerprint density at radius 2 is 2.18 bits per heavy atom. The van der Waals surface area contributed by atoms with E-state index in [4.69, 9.17) is 11.6 Å². The van der Waals surface area contributed by atoms with E-state index >= 15 is 0 Å². The zero-order chi connectivity index (χ0) is 8.43. The smallest absolute Gasteiger partial charge is 0.132 e. The summed E-state index contributed by atoms with van der Waals surface area (Å²) in [5.41, 5.74) is 2.98. The molecule has 0 atom stereocenters. The molecule has 0 aromatic carbocycles. The highest BCUT2D eigenvalue weighted by molar-refractivity contribution is 6.30. The second kappa shape index (κ2) is 3.05. The summed E-state index contributed by atoms with van der Waals surface area (Å²) in [5.74, 6) is 0. The third-order valence-electron chi connectivity index (χ3n) is 1.60. The van der Waals surface area contributed by atoms with Gasteiger partial charge in [0.2, 0.25) is 0 Å². The zero-order valence-corrected chi connectivity index (χ0v) is 7.44. The van der Waals surface area contributed by atoms with Gasteiger partial charge in [0.1, 0.15) is 5.15 Å². The first-order chi connectivity index (χ1) is 5.15. The fourth-order valence-corrected chi connectivity index (χ4v) is 1.18. The van der Waals surface area contributed by atoms with Gasteiger partial charge in [0, 0.05) is 5.69 Å². The van der Waals surface area contributed by atoms with Gasteiger partial charge in [-0.3, -0.25) is 0 Å². The molecule has 1 nitrogen and oxygen atoms in total. The topological polar surface area (TPSA) is 12.9 Å². The lowest BCUT2D eigenvalue weighted by atomic mass is 10.1. The molecule has 0 aliphatic carbocycles. The van der Waals surface area contributed by atoms with E-state index in [9.17, 15) is 0 Å². The zero-order valence-electron chi connectivity index (χ0n) is 6.69. The third-order valence-corrected chi connectivity index (χ3v) is 1.97. The molecule has 1 aromatic rings. The van der Waals surface area contributed by atoms with Gasteiger partial charge in [-0.2, -0.15) is 0 Å². The molecule has 0 amide bonds. The van der Waals surface area contributed by atoms with Crippen molar-refractivity contribution < 1.29 is 0 Å². The van der Waals surface area contributed by atoms with Crippen LogP contribution in [0, 0.1) is 13.8 Å². The average Bonchev–Trinajstić information content (AvgIpc) is 1.96. The highest BCUT2D eigenvalue weighted by Gasteiger charge is 2.01. The van der Waals surface area contributed by atoms with Gasteiger partial charge in [-0.1, -0.05) is 24.3 Å². The maximum atomic E-state index is 5.84. The summed E-state index contributed by atoms with van der Waals surface area (Å²) >= 11 is 5.84. The van der Waals surface area contributed by atoms with E-state index in [1.54, 1.807) is 6.08 Å². The van der Waals surface area contributed by atoms with Crippen LogP contribution in [0.5, 0.6) is 0 Å². The second-order valence-electron chi connectivity index (χ2n) is 2.47. The summed E-state index contributed by atoms with van der Waals surface area (Å²) in [6.07, 6.45) is 1.79. The van der Waals surface area contributed by atoms with Crippen LogP contribution in [0.15, 0.2) is 12.6 Å². The van der Waals surface area contributed by atoms with Crippen molar-refractivity contribution in [2.75, 3.05) is 0 Å². The minimum atomic E-state index is 0.569. The maximum Gasteiger partial charge on any atom is 0.132 e. The molecule has 0 saturated heterocycles. The fourth-order valence-electron chi connectivity index (χ4n) is 0.935. The molecule has 0 fully saturated rings. The van der Waals surface area contributed by atoms with Crippen molar-refractivity contribution in [3.63, 3.8) is 0 Å². The number of aromatic nitrogens is 1. The molecule has 0 bridgehead atoms. The molecule has 1 heterocycles. The van der Waals surface area contributed by atoms with Crippen molar-refractivity contribution in [3.05, 3.63) is 34.6 Å². The molecule has 0 N–H and O–H groups in total. The van der Waals surface area contributed by atoms with Crippen LogP contribution in [0.2, 0.25) is 5.15 Å². The van der Waals surface area contributed by atoms with Gasteiger partial charge >= 0.3 is 0 Å². The number of halogens is 1. The maximum absolute atomic E-state index is 5.84. The Balaban J connectivity index is 3.35. The Labute approximate surface area is 71.7 Å². The predicted octanol–water partition coefficient (Wildman–Crippen LogP) is 2.99.